The maximum atomic E-state index is 14.4. The number of carbonyl (C=O) groups excluding carboxylic acids is 1. The lowest BCUT2D eigenvalue weighted by Crippen LogP contribution is -2.49. The third kappa shape index (κ3) is 5.02. The number of ether oxygens (including phenoxy) is 1. The fourth-order valence-electron chi connectivity index (χ4n) is 3.55. The Balaban J connectivity index is 1.82. The third-order valence-electron chi connectivity index (χ3n) is 5.27. The van der Waals surface area contributed by atoms with E-state index in [0.29, 0.717) is 37.6 Å². The maximum absolute atomic E-state index is 14.4. The van der Waals surface area contributed by atoms with Crippen LogP contribution in [0.1, 0.15) is 36.7 Å². The molecule has 0 aliphatic carbocycles. The molecule has 0 atom stereocenters. The minimum Gasteiger partial charge on any atom is -0.490 e. The molecule has 1 fully saturated rings. The Labute approximate surface area is 187 Å². The van der Waals surface area contributed by atoms with E-state index in [4.69, 9.17) is 10.00 Å². The van der Waals surface area contributed by atoms with E-state index in [2.05, 4.69) is 0 Å². The zero-order valence-electron chi connectivity index (χ0n) is 18.3. The molecule has 0 spiro atoms. The van der Waals surface area contributed by atoms with Crippen LogP contribution < -0.4 is 9.64 Å². The molecular formula is C23H26FN3O4S. The lowest BCUT2D eigenvalue weighted by atomic mass is 10.1. The molecule has 170 valence electrons. The largest absolute Gasteiger partial charge is 0.490 e. The van der Waals surface area contributed by atoms with E-state index >= 15 is 0 Å². The zero-order valence-corrected chi connectivity index (χ0v) is 19.2. The second kappa shape index (κ2) is 9.57. The van der Waals surface area contributed by atoms with Crippen molar-refractivity contribution in [3.8, 4) is 11.8 Å². The monoisotopic (exact) mass is 459 g/mol. The molecule has 2 aromatic rings. The molecular weight excluding hydrogens is 433 g/mol. The Morgan fingerprint density at radius 1 is 1.16 bits per heavy atom. The summed E-state index contributed by atoms with van der Waals surface area (Å²) in [4.78, 5) is 16.8. The van der Waals surface area contributed by atoms with Crippen LogP contribution >= 0.6 is 0 Å². The van der Waals surface area contributed by atoms with Crippen molar-refractivity contribution in [3.63, 3.8) is 0 Å². The molecule has 3 rings (SSSR count). The van der Waals surface area contributed by atoms with Crippen LogP contribution in [0.2, 0.25) is 0 Å². The van der Waals surface area contributed by atoms with Crippen molar-refractivity contribution in [2.75, 3.05) is 36.8 Å². The van der Waals surface area contributed by atoms with Crippen molar-refractivity contribution in [1.29, 1.82) is 5.26 Å². The summed E-state index contributed by atoms with van der Waals surface area (Å²) in [7, 11) is -3.48. The van der Waals surface area contributed by atoms with Gasteiger partial charge < -0.3 is 14.5 Å². The number of nitriles is 1. The highest BCUT2D eigenvalue weighted by atomic mass is 32.2. The first kappa shape index (κ1) is 23.5. The van der Waals surface area contributed by atoms with E-state index in [9.17, 15) is 17.6 Å². The van der Waals surface area contributed by atoms with Gasteiger partial charge in [-0.2, -0.15) is 5.26 Å². The van der Waals surface area contributed by atoms with Gasteiger partial charge in [0.2, 0.25) is 0 Å². The fraction of sp³-hybridized carbons (Fsp3) is 0.391. The summed E-state index contributed by atoms with van der Waals surface area (Å²) in [6.45, 7) is 6.70. The second-order valence-corrected chi connectivity index (χ2v) is 10.1. The molecule has 1 aliphatic rings. The molecule has 0 radical (unpaired) electrons. The molecule has 1 amide bonds. The van der Waals surface area contributed by atoms with Crippen molar-refractivity contribution in [3.05, 3.63) is 53.3 Å². The Morgan fingerprint density at radius 3 is 2.41 bits per heavy atom. The van der Waals surface area contributed by atoms with Gasteiger partial charge in [-0.15, -0.1) is 0 Å². The van der Waals surface area contributed by atoms with Gasteiger partial charge in [-0.1, -0.05) is 6.92 Å². The smallest absolute Gasteiger partial charge is 0.257 e. The van der Waals surface area contributed by atoms with Gasteiger partial charge in [0.1, 0.15) is 11.6 Å². The van der Waals surface area contributed by atoms with E-state index in [0.717, 1.165) is 0 Å². The SMILES string of the molecule is CCS(=O)(=O)c1ccc(OC(C)C)c(C(=O)N2CCN(c3ccc(C#N)cc3F)CC2)c1. The highest BCUT2D eigenvalue weighted by Crippen LogP contribution is 2.27. The summed E-state index contributed by atoms with van der Waals surface area (Å²) in [6, 6.07) is 10.6. The van der Waals surface area contributed by atoms with Crippen molar-refractivity contribution in [2.45, 2.75) is 31.8 Å². The number of rotatable bonds is 6. The Morgan fingerprint density at radius 2 is 1.84 bits per heavy atom. The number of carbonyl (C=O) groups is 1. The van der Waals surface area contributed by atoms with Crippen molar-refractivity contribution >= 4 is 21.4 Å². The van der Waals surface area contributed by atoms with Gasteiger partial charge in [-0.25, -0.2) is 12.8 Å². The van der Waals surface area contributed by atoms with Crippen molar-refractivity contribution in [1.82, 2.24) is 4.90 Å². The topological polar surface area (TPSA) is 90.7 Å². The summed E-state index contributed by atoms with van der Waals surface area (Å²) >= 11 is 0. The van der Waals surface area contributed by atoms with Gasteiger partial charge in [0.05, 0.1) is 39.6 Å². The molecule has 1 heterocycles. The number of nitrogens with zero attached hydrogens (tertiary/aromatic N) is 3. The molecule has 0 bridgehead atoms. The zero-order chi connectivity index (χ0) is 23.5. The summed E-state index contributed by atoms with van der Waals surface area (Å²) in [6.07, 6.45) is -0.189. The minimum atomic E-state index is -3.48. The molecule has 0 unspecified atom stereocenters. The average molecular weight is 460 g/mol. The van der Waals surface area contributed by atoms with Crippen LogP contribution in [-0.4, -0.2) is 57.3 Å². The maximum Gasteiger partial charge on any atom is 0.257 e. The summed E-state index contributed by atoms with van der Waals surface area (Å²) in [5.74, 6) is -0.539. The van der Waals surface area contributed by atoms with Gasteiger partial charge in [0.15, 0.2) is 9.84 Å². The number of halogens is 1. The van der Waals surface area contributed by atoms with Crippen LogP contribution in [0.15, 0.2) is 41.3 Å². The van der Waals surface area contributed by atoms with Crippen molar-refractivity contribution in [2.24, 2.45) is 0 Å². The molecule has 9 heteroatoms. The minimum absolute atomic E-state index is 0.0696. The van der Waals surface area contributed by atoms with Crippen molar-refractivity contribution < 1.29 is 22.3 Å². The van der Waals surface area contributed by atoms with Gasteiger partial charge in [-0.3, -0.25) is 4.79 Å². The number of hydrogen-bond donors (Lipinski definition) is 0. The van der Waals surface area contributed by atoms with Crippen LogP contribution in [0.25, 0.3) is 0 Å². The first-order valence-electron chi connectivity index (χ1n) is 10.4. The van der Waals surface area contributed by atoms with Gasteiger partial charge >= 0.3 is 0 Å². The molecule has 1 aliphatic heterocycles. The Hall–Kier alpha value is -3.12. The molecule has 2 aromatic carbocycles. The van der Waals surface area contributed by atoms with Crippen LogP contribution in [-0.2, 0) is 9.84 Å². The number of hydrogen-bond acceptors (Lipinski definition) is 6. The Bertz CT molecular complexity index is 1150. The van der Waals surface area contributed by atoms with E-state index < -0.39 is 15.7 Å². The fourth-order valence-corrected chi connectivity index (χ4v) is 4.45. The summed E-state index contributed by atoms with van der Waals surface area (Å²) in [5.41, 5.74) is 0.835. The van der Waals surface area contributed by atoms with Crippen LogP contribution in [0, 0.1) is 17.1 Å². The highest BCUT2D eigenvalue weighted by molar-refractivity contribution is 7.91. The molecule has 32 heavy (non-hydrogen) atoms. The van der Waals surface area contributed by atoms with Crippen LogP contribution in [0.5, 0.6) is 5.75 Å². The number of benzene rings is 2. The highest BCUT2D eigenvalue weighted by Gasteiger charge is 2.27. The first-order valence-corrected chi connectivity index (χ1v) is 12.1. The lowest BCUT2D eigenvalue weighted by molar-refractivity contribution is 0.0740. The summed E-state index contributed by atoms with van der Waals surface area (Å²) < 4.78 is 44.8. The van der Waals surface area contributed by atoms with E-state index in [1.54, 1.807) is 24.0 Å². The van der Waals surface area contributed by atoms with Gasteiger partial charge in [-0.05, 0) is 50.2 Å². The second-order valence-electron chi connectivity index (χ2n) is 7.79. The predicted octanol–water partition coefficient (Wildman–Crippen LogP) is 3.24. The number of anilines is 1. The van der Waals surface area contributed by atoms with E-state index in [1.807, 2.05) is 24.8 Å². The van der Waals surface area contributed by atoms with Gasteiger partial charge in [0, 0.05) is 26.2 Å². The molecule has 0 N–H and O–H groups in total. The molecule has 0 aromatic heterocycles. The first-order chi connectivity index (χ1) is 15.2. The van der Waals surface area contributed by atoms with Gasteiger partial charge in [0.25, 0.3) is 5.91 Å². The predicted molar refractivity (Wildman–Crippen MR) is 119 cm³/mol. The van der Waals surface area contributed by atoms with Crippen LogP contribution in [0.4, 0.5) is 10.1 Å². The Kier molecular flexibility index (Phi) is 7.04. The lowest BCUT2D eigenvalue weighted by Gasteiger charge is -2.36. The average Bonchev–Trinajstić information content (AvgIpc) is 2.78. The quantitative estimate of drug-likeness (QED) is 0.659. The summed E-state index contributed by atoms with van der Waals surface area (Å²) in [5, 5.41) is 8.91. The molecule has 7 nitrogen and oxygen atoms in total. The van der Waals surface area contributed by atoms with E-state index in [1.165, 1.54) is 24.3 Å². The number of piperazine rings is 1. The number of sulfone groups is 1. The van der Waals surface area contributed by atoms with Crippen LogP contribution in [0.3, 0.4) is 0 Å². The normalized spacial score (nSPS) is 14.4. The molecule has 1 saturated heterocycles. The molecule has 0 saturated carbocycles. The van der Waals surface area contributed by atoms with E-state index in [-0.39, 0.29) is 33.8 Å². The standard InChI is InChI=1S/C23H26FN3O4S/c1-4-32(29,30)18-6-8-22(31-16(2)3)19(14-18)23(28)27-11-9-26(10-12-27)21-7-5-17(15-25)13-20(21)24/h5-8,13-14,16H,4,9-12H2,1-3H3. The third-order valence-corrected chi connectivity index (χ3v) is 7.00. The number of amides is 1.